The molecule has 0 fully saturated rings. The summed E-state index contributed by atoms with van der Waals surface area (Å²) in [4.78, 5) is 17.5. The molecular weight excluding hydrogens is 987 g/mol. The number of hydrogen-bond donors (Lipinski definition) is 0. The second kappa shape index (κ2) is 14.6. The van der Waals surface area contributed by atoms with Crippen molar-refractivity contribution in [2.45, 2.75) is 0 Å². The van der Waals surface area contributed by atoms with Gasteiger partial charge in [-0.15, -0.1) is 47.5 Å². The predicted molar refractivity (Wildman–Crippen MR) is 171 cm³/mol. The molecule has 0 saturated heterocycles. The molecule has 4 aromatic carbocycles. The summed E-state index contributed by atoms with van der Waals surface area (Å²) in [6.07, 6.45) is 6.51. The summed E-state index contributed by atoms with van der Waals surface area (Å²) < 4.78 is 43.1. The summed E-state index contributed by atoms with van der Waals surface area (Å²) in [6.45, 7) is 0. The molecule has 8 rings (SSSR count). The van der Waals surface area contributed by atoms with Gasteiger partial charge in [0.25, 0.3) is 0 Å². The molecule has 0 atom stereocenters. The van der Waals surface area contributed by atoms with Crippen molar-refractivity contribution in [1.29, 1.82) is 0 Å². The van der Waals surface area contributed by atoms with Crippen molar-refractivity contribution in [3.8, 4) is 51.5 Å². The molecule has 0 aliphatic heterocycles. The van der Waals surface area contributed by atoms with Crippen LogP contribution >= 0.6 is 0 Å². The molecule has 242 valence electrons. The van der Waals surface area contributed by atoms with Crippen molar-refractivity contribution >= 4 is 21.8 Å². The number of benzene rings is 4. The van der Waals surface area contributed by atoms with Crippen molar-refractivity contribution in [3.05, 3.63) is 152 Å². The van der Waals surface area contributed by atoms with Gasteiger partial charge in [0.2, 0.25) is 5.95 Å². The summed E-state index contributed by atoms with van der Waals surface area (Å²) in [5, 5.41) is 1.63. The van der Waals surface area contributed by atoms with Crippen LogP contribution in [0.1, 0.15) is 0 Å². The van der Waals surface area contributed by atoms with E-state index in [-0.39, 0.29) is 53.6 Å². The molecule has 0 aliphatic carbocycles. The molecule has 0 aliphatic rings. The van der Waals surface area contributed by atoms with Gasteiger partial charge < -0.3 is 24.0 Å². The molecule has 7 nitrogen and oxygen atoms in total. The fourth-order valence-electron chi connectivity index (χ4n) is 5.24. The molecule has 4 aromatic heterocycles. The first-order valence-corrected chi connectivity index (χ1v) is 14.4. The summed E-state index contributed by atoms with van der Waals surface area (Å²) in [7, 11) is 0. The Bertz CT molecular complexity index is 2250. The summed E-state index contributed by atoms with van der Waals surface area (Å²) in [6, 6.07) is 37.6. The minimum Gasteiger partial charge on any atom is -0.503 e. The minimum atomic E-state index is -0.489. The van der Waals surface area contributed by atoms with E-state index in [4.69, 9.17) is 9.47 Å². The fraction of sp³-hybridized carbons (Fsp3) is 0. The van der Waals surface area contributed by atoms with Crippen LogP contribution in [0.25, 0.3) is 50.3 Å². The second-order valence-electron chi connectivity index (χ2n) is 10.3. The van der Waals surface area contributed by atoms with Crippen molar-refractivity contribution in [2.24, 2.45) is 0 Å². The van der Waals surface area contributed by atoms with Gasteiger partial charge in [-0.25, -0.2) is 18.7 Å². The van der Waals surface area contributed by atoms with E-state index in [1.807, 2.05) is 24.3 Å². The quantitative estimate of drug-likeness (QED) is 0.149. The summed E-state index contributed by atoms with van der Waals surface area (Å²) >= 11 is 0. The summed E-state index contributed by atoms with van der Waals surface area (Å²) in [5.41, 5.74) is 3.23. The predicted octanol–water partition coefficient (Wildman–Crippen LogP) is 8.76. The Labute approximate surface area is 308 Å². The van der Waals surface area contributed by atoms with E-state index in [0.29, 0.717) is 51.0 Å². The maximum atomic E-state index is 14.6. The zero-order valence-corrected chi connectivity index (χ0v) is 29.5. The van der Waals surface area contributed by atoms with Crippen LogP contribution in [0.4, 0.5) is 8.78 Å². The maximum absolute atomic E-state index is 14.6. The maximum Gasteiger partial charge on any atom is 2.00 e. The van der Waals surface area contributed by atoms with Gasteiger partial charge in [-0.2, -0.15) is 22.9 Å². The fourth-order valence-corrected chi connectivity index (χ4v) is 5.24. The number of hydrogen-bond acceptors (Lipinski definition) is 6. The molecule has 0 N–H and O–H groups in total. The van der Waals surface area contributed by atoms with E-state index in [1.165, 1.54) is 24.3 Å². The Balaban J connectivity index is 0.00000208. The third kappa shape index (κ3) is 7.05. The van der Waals surface area contributed by atoms with E-state index < -0.39 is 11.6 Å². The number of rotatable bonds is 7. The molecular formula is C38H19F2N5O2Pt2. The average Bonchev–Trinajstić information content (AvgIpc) is 3.41. The van der Waals surface area contributed by atoms with Gasteiger partial charge in [0.15, 0.2) is 0 Å². The number of fused-ring (bicyclic) bond motifs is 3. The van der Waals surface area contributed by atoms with Gasteiger partial charge in [-0.05, 0) is 29.6 Å². The minimum absolute atomic E-state index is 0. The van der Waals surface area contributed by atoms with Crippen LogP contribution in [0.5, 0.6) is 23.0 Å². The van der Waals surface area contributed by atoms with E-state index in [9.17, 15) is 8.78 Å². The zero-order valence-electron chi connectivity index (χ0n) is 24.9. The first-order valence-electron chi connectivity index (χ1n) is 14.4. The van der Waals surface area contributed by atoms with Crippen LogP contribution in [-0.4, -0.2) is 24.5 Å². The van der Waals surface area contributed by atoms with Crippen LogP contribution < -0.4 is 9.47 Å². The standard InChI is InChI=1S/C38H19F2N5O2.2Pt/c39-26-16-24(34-6-1-3-12-41-34)18-30(20-26)46-28-8-10-32-33-11-9-29(23-37(33)45(36(32)22-28)38-43-14-5-15-44-38)47-31-19-25(17-27(40)21-31)35-7-2-4-13-42-35;;/h1-17,20-21H;;/q-4;2*+2. The van der Waals surface area contributed by atoms with Crippen molar-refractivity contribution in [3.63, 3.8) is 0 Å². The van der Waals surface area contributed by atoms with Gasteiger partial charge in [0.1, 0.15) is 0 Å². The Kier molecular flexibility index (Phi) is 10.0. The van der Waals surface area contributed by atoms with Crippen molar-refractivity contribution < 1.29 is 60.4 Å². The third-order valence-corrected chi connectivity index (χ3v) is 7.23. The monoisotopic (exact) mass is 1010 g/mol. The van der Waals surface area contributed by atoms with Gasteiger partial charge >= 0.3 is 42.1 Å². The Hall–Kier alpha value is -5.10. The molecule has 0 unspecified atom stereocenters. The Morgan fingerprint density at radius 3 is 1.41 bits per heavy atom. The number of halogens is 2. The molecule has 0 radical (unpaired) electrons. The molecule has 49 heavy (non-hydrogen) atoms. The summed E-state index contributed by atoms with van der Waals surface area (Å²) in [5.74, 6) is 0.350. The van der Waals surface area contributed by atoms with Crippen LogP contribution in [0.3, 0.4) is 0 Å². The molecule has 4 heterocycles. The number of nitrogens with zero attached hydrogens (tertiary/aromatic N) is 5. The first kappa shape index (κ1) is 33.8. The van der Waals surface area contributed by atoms with Crippen LogP contribution in [0, 0.1) is 35.9 Å². The number of pyridine rings is 2. The van der Waals surface area contributed by atoms with E-state index >= 15 is 0 Å². The van der Waals surface area contributed by atoms with Crippen LogP contribution in [0.2, 0.25) is 0 Å². The van der Waals surface area contributed by atoms with Gasteiger partial charge in [0, 0.05) is 59.4 Å². The van der Waals surface area contributed by atoms with Crippen molar-refractivity contribution in [1.82, 2.24) is 24.5 Å². The average molecular weight is 1010 g/mol. The SMILES string of the molecule is Fc1cc(Oc2[c-]c3c(cc2)c2ccc(Oc4[c-]c(-c5ccccn5)cc(F)c4)[c-]c2n3-c2ncccn2)[c-]c(-c2ccccn2)c1.[Pt+2].[Pt+2]. The second-order valence-corrected chi connectivity index (χ2v) is 10.3. The number of ether oxygens (including phenoxy) is 2. The molecule has 0 bridgehead atoms. The normalized spacial score (nSPS) is 10.7. The van der Waals surface area contributed by atoms with E-state index in [0.717, 1.165) is 10.8 Å². The third-order valence-electron chi connectivity index (χ3n) is 7.23. The molecule has 8 aromatic rings. The number of aromatic nitrogens is 5. The molecule has 11 heteroatoms. The van der Waals surface area contributed by atoms with Crippen molar-refractivity contribution in [2.75, 3.05) is 0 Å². The zero-order chi connectivity index (χ0) is 31.7. The molecule has 0 spiro atoms. The first-order chi connectivity index (χ1) is 23.1. The largest absolute Gasteiger partial charge is 2.00 e. The van der Waals surface area contributed by atoms with Gasteiger partial charge in [-0.3, -0.25) is 0 Å². The van der Waals surface area contributed by atoms with E-state index in [1.54, 1.807) is 71.8 Å². The van der Waals surface area contributed by atoms with Crippen LogP contribution in [-0.2, 0) is 42.1 Å². The smallest absolute Gasteiger partial charge is 0.503 e. The topological polar surface area (TPSA) is 75.0 Å². The van der Waals surface area contributed by atoms with E-state index in [2.05, 4.69) is 44.2 Å². The Morgan fingerprint density at radius 2 is 0.959 bits per heavy atom. The van der Waals surface area contributed by atoms with Crippen LogP contribution in [0.15, 0.2) is 116 Å². The van der Waals surface area contributed by atoms with Gasteiger partial charge in [0.05, 0.1) is 0 Å². The molecule has 0 amide bonds. The Morgan fingerprint density at radius 1 is 0.490 bits per heavy atom. The van der Waals surface area contributed by atoms with Gasteiger partial charge in [-0.1, -0.05) is 59.6 Å². The molecule has 0 saturated carbocycles.